The van der Waals surface area contributed by atoms with E-state index >= 15 is 0 Å². The number of hydrogen-bond donors (Lipinski definition) is 1. The van der Waals surface area contributed by atoms with Crippen LogP contribution in [0.15, 0.2) is 18.2 Å². The highest BCUT2D eigenvalue weighted by Gasteiger charge is 2.23. The highest BCUT2D eigenvalue weighted by molar-refractivity contribution is 5.35. The van der Waals surface area contributed by atoms with Gasteiger partial charge in [0.25, 0.3) is 0 Å². The van der Waals surface area contributed by atoms with Crippen LogP contribution in [0.3, 0.4) is 0 Å². The summed E-state index contributed by atoms with van der Waals surface area (Å²) < 4.78 is 0. The molecule has 1 atom stereocenters. The second-order valence-corrected chi connectivity index (χ2v) is 6.73. The van der Waals surface area contributed by atoms with Crippen molar-refractivity contribution in [2.24, 2.45) is 11.7 Å². The summed E-state index contributed by atoms with van der Waals surface area (Å²) in [4.78, 5) is 4.90. The third kappa shape index (κ3) is 4.06. The molecule has 3 heteroatoms. The van der Waals surface area contributed by atoms with Gasteiger partial charge in [0.1, 0.15) is 0 Å². The normalized spacial score (nSPS) is 19.1. The molecular formula is C18H31N3. The average Bonchev–Trinajstić information content (AvgIpc) is 2.47. The maximum Gasteiger partial charge on any atom is 0.0470 e. The van der Waals surface area contributed by atoms with Crippen LogP contribution in [0.25, 0.3) is 0 Å². The molecular weight excluding hydrogens is 258 g/mol. The minimum Gasteiger partial charge on any atom is -0.329 e. The van der Waals surface area contributed by atoms with E-state index in [1.165, 1.54) is 42.6 Å². The SMILES string of the molecule is Cc1cccc(C(CN)N(C)CC2CCN(C)CC2)c1C. The Morgan fingerprint density at radius 3 is 2.57 bits per heavy atom. The Kier molecular flexibility index (Phi) is 5.80. The molecule has 0 amide bonds. The van der Waals surface area contributed by atoms with Gasteiger partial charge in [-0.25, -0.2) is 0 Å². The number of likely N-dealkylation sites (N-methyl/N-ethyl adjacent to an activating group) is 1. The van der Waals surface area contributed by atoms with E-state index in [1.54, 1.807) is 0 Å². The Morgan fingerprint density at radius 2 is 1.95 bits per heavy atom. The van der Waals surface area contributed by atoms with Crippen LogP contribution in [-0.2, 0) is 0 Å². The fourth-order valence-electron chi connectivity index (χ4n) is 3.46. The first-order valence-corrected chi connectivity index (χ1v) is 8.18. The number of benzene rings is 1. The van der Waals surface area contributed by atoms with Crippen molar-refractivity contribution in [3.63, 3.8) is 0 Å². The van der Waals surface area contributed by atoms with E-state index in [0.717, 1.165) is 12.5 Å². The molecule has 1 aromatic carbocycles. The molecule has 1 saturated heterocycles. The highest BCUT2D eigenvalue weighted by atomic mass is 15.1. The second-order valence-electron chi connectivity index (χ2n) is 6.73. The van der Waals surface area contributed by atoms with Crippen molar-refractivity contribution in [2.45, 2.75) is 32.7 Å². The number of piperidine rings is 1. The van der Waals surface area contributed by atoms with Gasteiger partial charge in [-0.2, -0.15) is 0 Å². The summed E-state index contributed by atoms with van der Waals surface area (Å²) in [6, 6.07) is 6.92. The van der Waals surface area contributed by atoms with Gasteiger partial charge in [0.05, 0.1) is 0 Å². The van der Waals surface area contributed by atoms with Crippen molar-refractivity contribution < 1.29 is 0 Å². The number of aryl methyl sites for hydroxylation is 1. The number of nitrogens with zero attached hydrogens (tertiary/aromatic N) is 2. The Hall–Kier alpha value is -0.900. The van der Waals surface area contributed by atoms with Gasteiger partial charge in [-0.1, -0.05) is 18.2 Å². The van der Waals surface area contributed by atoms with Gasteiger partial charge >= 0.3 is 0 Å². The van der Waals surface area contributed by atoms with Gasteiger partial charge in [-0.15, -0.1) is 0 Å². The quantitative estimate of drug-likeness (QED) is 0.904. The van der Waals surface area contributed by atoms with Crippen LogP contribution >= 0.6 is 0 Å². The summed E-state index contributed by atoms with van der Waals surface area (Å²) in [5, 5.41) is 0. The molecule has 0 aliphatic carbocycles. The van der Waals surface area contributed by atoms with E-state index in [-0.39, 0.29) is 0 Å². The molecule has 1 aliphatic rings. The van der Waals surface area contributed by atoms with Gasteiger partial charge in [0.2, 0.25) is 0 Å². The molecule has 0 bridgehead atoms. The van der Waals surface area contributed by atoms with Crippen molar-refractivity contribution in [3.05, 3.63) is 34.9 Å². The zero-order valence-electron chi connectivity index (χ0n) is 14.1. The lowest BCUT2D eigenvalue weighted by molar-refractivity contribution is 0.151. The van der Waals surface area contributed by atoms with Crippen LogP contribution in [0.1, 0.15) is 35.6 Å². The third-order valence-electron chi connectivity index (χ3n) is 5.15. The number of hydrogen-bond acceptors (Lipinski definition) is 3. The Morgan fingerprint density at radius 1 is 1.29 bits per heavy atom. The van der Waals surface area contributed by atoms with Crippen LogP contribution in [0, 0.1) is 19.8 Å². The molecule has 2 rings (SSSR count). The zero-order valence-corrected chi connectivity index (χ0v) is 14.1. The minimum atomic E-state index is 0.338. The third-order valence-corrected chi connectivity index (χ3v) is 5.15. The molecule has 1 aromatic rings. The highest BCUT2D eigenvalue weighted by Crippen LogP contribution is 2.26. The van der Waals surface area contributed by atoms with Gasteiger partial charge < -0.3 is 10.6 Å². The van der Waals surface area contributed by atoms with Gasteiger partial charge in [-0.05, 0) is 76.5 Å². The predicted molar refractivity (Wildman–Crippen MR) is 90.6 cm³/mol. The summed E-state index contributed by atoms with van der Waals surface area (Å²) >= 11 is 0. The summed E-state index contributed by atoms with van der Waals surface area (Å²) in [6.45, 7) is 8.71. The smallest absolute Gasteiger partial charge is 0.0470 e. The molecule has 1 heterocycles. The van der Waals surface area contributed by atoms with Crippen molar-refractivity contribution >= 4 is 0 Å². The lowest BCUT2D eigenvalue weighted by Crippen LogP contribution is -2.39. The molecule has 21 heavy (non-hydrogen) atoms. The Labute approximate surface area is 130 Å². The molecule has 1 fully saturated rings. The van der Waals surface area contributed by atoms with Gasteiger partial charge in [0, 0.05) is 19.1 Å². The summed E-state index contributed by atoms with van der Waals surface area (Å²) in [5.74, 6) is 0.811. The minimum absolute atomic E-state index is 0.338. The van der Waals surface area contributed by atoms with Crippen LogP contribution in [-0.4, -0.2) is 50.1 Å². The Bertz CT molecular complexity index is 450. The summed E-state index contributed by atoms with van der Waals surface area (Å²) in [6.07, 6.45) is 2.62. The summed E-state index contributed by atoms with van der Waals surface area (Å²) in [7, 11) is 4.45. The molecule has 1 unspecified atom stereocenters. The van der Waals surface area contributed by atoms with Crippen molar-refractivity contribution in [1.82, 2.24) is 9.80 Å². The van der Waals surface area contributed by atoms with E-state index in [0.29, 0.717) is 12.6 Å². The zero-order chi connectivity index (χ0) is 15.4. The number of likely N-dealkylation sites (tertiary alicyclic amines) is 1. The topological polar surface area (TPSA) is 32.5 Å². The first-order chi connectivity index (χ1) is 10.0. The number of rotatable bonds is 5. The van der Waals surface area contributed by atoms with Crippen LogP contribution in [0.5, 0.6) is 0 Å². The predicted octanol–water partition coefficient (Wildman–Crippen LogP) is 2.58. The Balaban J connectivity index is 2.04. The fraction of sp³-hybridized carbons (Fsp3) is 0.667. The van der Waals surface area contributed by atoms with Gasteiger partial charge in [-0.3, -0.25) is 4.90 Å². The lowest BCUT2D eigenvalue weighted by Gasteiger charge is -2.35. The first-order valence-electron chi connectivity index (χ1n) is 8.18. The fourth-order valence-corrected chi connectivity index (χ4v) is 3.46. The molecule has 0 spiro atoms. The average molecular weight is 289 g/mol. The standard InChI is InChI=1S/C18H31N3/c1-14-6-5-7-17(15(14)2)18(12-19)21(4)13-16-8-10-20(3)11-9-16/h5-7,16,18H,8-13,19H2,1-4H3. The van der Waals surface area contributed by atoms with E-state index in [9.17, 15) is 0 Å². The van der Waals surface area contributed by atoms with Crippen LogP contribution in [0.2, 0.25) is 0 Å². The molecule has 118 valence electrons. The maximum atomic E-state index is 6.10. The van der Waals surface area contributed by atoms with Gasteiger partial charge in [0.15, 0.2) is 0 Å². The lowest BCUT2D eigenvalue weighted by atomic mass is 9.93. The monoisotopic (exact) mass is 289 g/mol. The first kappa shape index (κ1) is 16.5. The molecule has 3 nitrogen and oxygen atoms in total. The molecule has 2 N–H and O–H groups in total. The second kappa shape index (κ2) is 7.39. The van der Waals surface area contributed by atoms with E-state index < -0.39 is 0 Å². The van der Waals surface area contributed by atoms with Crippen molar-refractivity contribution in [1.29, 1.82) is 0 Å². The molecule has 1 aliphatic heterocycles. The summed E-state index contributed by atoms with van der Waals surface area (Å²) in [5.41, 5.74) is 10.2. The van der Waals surface area contributed by atoms with E-state index in [2.05, 4.69) is 55.9 Å². The van der Waals surface area contributed by atoms with Crippen molar-refractivity contribution in [2.75, 3.05) is 40.3 Å². The van der Waals surface area contributed by atoms with E-state index in [4.69, 9.17) is 5.73 Å². The van der Waals surface area contributed by atoms with Crippen LogP contribution < -0.4 is 5.73 Å². The molecule has 0 radical (unpaired) electrons. The number of nitrogens with two attached hydrogens (primary N) is 1. The van der Waals surface area contributed by atoms with Crippen molar-refractivity contribution in [3.8, 4) is 0 Å². The largest absolute Gasteiger partial charge is 0.329 e. The van der Waals surface area contributed by atoms with E-state index in [1.807, 2.05) is 0 Å². The van der Waals surface area contributed by atoms with Crippen LogP contribution in [0.4, 0.5) is 0 Å². The molecule has 0 saturated carbocycles. The molecule has 0 aromatic heterocycles. The maximum absolute atomic E-state index is 6.10.